The van der Waals surface area contributed by atoms with Gasteiger partial charge in [-0.05, 0) is 67.6 Å². The minimum atomic E-state index is -4.12. The summed E-state index contributed by atoms with van der Waals surface area (Å²) in [7, 11) is -6.66. The van der Waals surface area contributed by atoms with Gasteiger partial charge in [0.2, 0.25) is 10.0 Å². The smallest absolute Gasteiger partial charge is 0.262 e. The molecule has 0 aliphatic carbocycles. The molecule has 10 nitrogen and oxygen atoms in total. The van der Waals surface area contributed by atoms with Crippen molar-refractivity contribution in [1.29, 1.82) is 0 Å². The number of rotatable bonds is 9. The van der Waals surface area contributed by atoms with E-state index in [1.165, 1.54) is 78.7 Å². The van der Waals surface area contributed by atoms with Crippen LogP contribution in [0, 0.1) is 5.92 Å². The number of nitrogens with one attached hydrogen (secondary N) is 1. The third kappa shape index (κ3) is 6.85. The first kappa shape index (κ1) is 32.1. The summed E-state index contributed by atoms with van der Waals surface area (Å²) in [6.07, 6.45) is -0.821. The predicted molar refractivity (Wildman–Crippen MR) is 161 cm³/mol. The molecule has 2 N–H and O–H groups in total. The molecule has 0 spiro atoms. The van der Waals surface area contributed by atoms with Crippen molar-refractivity contribution in [3.8, 4) is 5.75 Å². The Morgan fingerprint density at radius 1 is 1.00 bits per heavy atom. The van der Waals surface area contributed by atoms with Crippen LogP contribution in [-0.2, 0) is 20.0 Å². The van der Waals surface area contributed by atoms with Gasteiger partial charge in [0.05, 0.1) is 40.2 Å². The summed E-state index contributed by atoms with van der Waals surface area (Å²) < 4.78 is 63.2. The van der Waals surface area contributed by atoms with Gasteiger partial charge in [-0.25, -0.2) is 16.8 Å². The lowest BCUT2D eigenvalue weighted by Gasteiger charge is -2.38. The van der Waals surface area contributed by atoms with Crippen molar-refractivity contribution < 1.29 is 31.5 Å². The molecule has 0 saturated heterocycles. The first-order chi connectivity index (χ1) is 19.7. The summed E-state index contributed by atoms with van der Waals surface area (Å²) in [4.78, 5) is 15.1. The first-order valence-corrected chi connectivity index (χ1v) is 16.6. The van der Waals surface area contributed by atoms with Crippen LogP contribution in [0.15, 0.2) is 76.5 Å². The average molecular weight is 657 g/mol. The molecular weight excluding hydrogens is 625 g/mol. The molecule has 1 aliphatic heterocycles. The second kappa shape index (κ2) is 12.8. The lowest BCUT2D eigenvalue weighted by Crippen LogP contribution is -2.50. The van der Waals surface area contributed by atoms with Gasteiger partial charge in [-0.3, -0.25) is 9.52 Å². The van der Waals surface area contributed by atoms with Crippen LogP contribution >= 0.6 is 23.2 Å². The maximum atomic E-state index is 13.7. The summed E-state index contributed by atoms with van der Waals surface area (Å²) >= 11 is 11.9. The number of halogens is 2. The first-order valence-electron chi connectivity index (χ1n) is 13.0. The van der Waals surface area contributed by atoms with Gasteiger partial charge < -0.3 is 14.7 Å². The average Bonchev–Trinajstić information content (AvgIpc) is 2.95. The van der Waals surface area contributed by atoms with Crippen LogP contribution in [0.5, 0.6) is 5.75 Å². The second-order valence-corrected chi connectivity index (χ2v) is 14.7. The number of hydrogen-bond donors (Lipinski definition) is 2. The van der Waals surface area contributed by atoms with E-state index in [-0.39, 0.29) is 46.5 Å². The third-order valence-corrected chi connectivity index (χ3v) is 10.7. The number of carbonyl (C=O) groups is 1. The van der Waals surface area contributed by atoms with Crippen molar-refractivity contribution in [2.45, 2.75) is 35.8 Å². The highest BCUT2D eigenvalue weighted by atomic mass is 35.5. The van der Waals surface area contributed by atoms with Gasteiger partial charge in [-0.15, -0.1) is 0 Å². The van der Waals surface area contributed by atoms with Gasteiger partial charge in [0.1, 0.15) is 6.10 Å². The molecule has 226 valence electrons. The summed E-state index contributed by atoms with van der Waals surface area (Å²) in [6.45, 7) is 3.20. The Balaban J connectivity index is 1.76. The van der Waals surface area contributed by atoms with Gasteiger partial charge >= 0.3 is 0 Å². The molecule has 0 fully saturated rings. The lowest BCUT2D eigenvalue weighted by molar-refractivity contribution is 0.0389. The molecular formula is C28H31Cl2N3O7S2. The molecule has 3 aromatic carbocycles. The summed E-state index contributed by atoms with van der Waals surface area (Å²) in [5.41, 5.74) is 0.0569. The fourth-order valence-electron chi connectivity index (χ4n) is 4.50. The fraction of sp³-hybridized carbons (Fsp3) is 0.321. The van der Waals surface area contributed by atoms with Crippen LogP contribution < -0.4 is 9.46 Å². The molecule has 0 bridgehead atoms. The van der Waals surface area contributed by atoms with Gasteiger partial charge in [0, 0.05) is 29.6 Å². The fourth-order valence-corrected chi connectivity index (χ4v) is 6.99. The van der Waals surface area contributed by atoms with Crippen LogP contribution in [0.2, 0.25) is 10.0 Å². The van der Waals surface area contributed by atoms with Crippen LogP contribution in [0.4, 0.5) is 5.69 Å². The van der Waals surface area contributed by atoms with Crippen LogP contribution in [0.3, 0.4) is 0 Å². The number of para-hydroxylation sites is 1. The molecule has 0 saturated carbocycles. The zero-order valence-corrected chi connectivity index (χ0v) is 26.2. The van der Waals surface area contributed by atoms with E-state index in [2.05, 4.69) is 4.72 Å². The van der Waals surface area contributed by atoms with Gasteiger partial charge in [0.15, 0.2) is 5.75 Å². The third-order valence-electron chi connectivity index (χ3n) is 7.02. The van der Waals surface area contributed by atoms with E-state index in [1.807, 2.05) is 0 Å². The van der Waals surface area contributed by atoms with E-state index in [1.54, 1.807) is 13.8 Å². The Bertz CT molecular complexity index is 1650. The Morgan fingerprint density at radius 2 is 1.57 bits per heavy atom. The summed E-state index contributed by atoms with van der Waals surface area (Å²) in [5, 5.41) is 10.6. The molecule has 1 amide bonds. The zero-order chi connectivity index (χ0) is 30.8. The molecule has 3 atom stereocenters. The standard InChI is InChI=1S/C28H31Cl2N3O7S2/c1-18-15-33(19(2)17-34)28(35)24-5-4-6-25(31-41(36,37)22-11-7-20(29)8-12-22)27(24)40-26(18)16-32(3)42(38,39)23-13-9-21(30)10-14-23/h4-14,18-19,26,31,34H,15-17H2,1-3H3/t18-,19+,26+/m0/s1. The van der Waals surface area contributed by atoms with E-state index in [9.17, 15) is 26.7 Å². The second-order valence-electron chi connectivity index (χ2n) is 10.1. The van der Waals surface area contributed by atoms with Crippen LogP contribution in [0.25, 0.3) is 0 Å². The monoisotopic (exact) mass is 655 g/mol. The van der Waals surface area contributed by atoms with E-state index >= 15 is 0 Å². The van der Waals surface area contributed by atoms with Crippen molar-refractivity contribution in [2.24, 2.45) is 5.92 Å². The van der Waals surface area contributed by atoms with E-state index in [4.69, 9.17) is 27.9 Å². The van der Waals surface area contributed by atoms with Gasteiger partial charge in [0.25, 0.3) is 15.9 Å². The summed E-state index contributed by atoms with van der Waals surface area (Å²) in [6, 6.07) is 15.2. The maximum absolute atomic E-state index is 13.7. The van der Waals surface area contributed by atoms with E-state index < -0.39 is 44.0 Å². The Kier molecular flexibility index (Phi) is 9.75. The number of likely N-dealkylation sites (N-methyl/N-ethyl adjacent to an activating group) is 1. The van der Waals surface area contributed by atoms with Crippen molar-refractivity contribution in [3.63, 3.8) is 0 Å². The number of sulfonamides is 2. The van der Waals surface area contributed by atoms with Gasteiger partial charge in [-0.1, -0.05) is 36.2 Å². The zero-order valence-electron chi connectivity index (χ0n) is 23.1. The Labute approximate surface area is 255 Å². The van der Waals surface area contributed by atoms with E-state index in [0.29, 0.717) is 10.0 Å². The molecule has 0 aromatic heterocycles. The highest BCUT2D eigenvalue weighted by Gasteiger charge is 2.36. The Morgan fingerprint density at radius 3 is 2.14 bits per heavy atom. The SMILES string of the molecule is C[C@H](CO)N1C[C@H](C)[C@@H](CN(C)S(=O)(=O)c2ccc(Cl)cc2)Oc2c(NS(=O)(=O)c3ccc(Cl)cc3)cccc2C1=O. The minimum absolute atomic E-state index is 0.00490. The number of nitrogens with zero attached hydrogens (tertiary/aromatic N) is 2. The number of aliphatic hydroxyl groups excluding tert-OH is 1. The molecule has 4 rings (SSSR count). The normalized spacial score (nSPS) is 18.5. The molecule has 0 unspecified atom stereocenters. The van der Waals surface area contributed by atoms with Crippen molar-refractivity contribution in [2.75, 3.05) is 31.5 Å². The minimum Gasteiger partial charge on any atom is -0.486 e. The van der Waals surface area contributed by atoms with Gasteiger partial charge in [-0.2, -0.15) is 4.31 Å². The number of ether oxygens (including phenoxy) is 1. The number of hydrogen-bond acceptors (Lipinski definition) is 7. The number of carbonyl (C=O) groups excluding carboxylic acids is 1. The largest absolute Gasteiger partial charge is 0.486 e. The lowest BCUT2D eigenvalue weighted by atomic mass is 9.99. The topological polar surface area (TPSA) is 133 Å². The molecule has 42 heavy (non-hydrogen) atoms. The van der Waals surface area contributed by atoms with Crippen molar-refractivity contribution in [1.82, 2.24) is 9.21 Å². The number of amides is 1. The number of fused-ring (bicyclic) bond motifs is 1. The van der Waals surface area contributed by atoms with Crippen LogP contribution in [0.1, 0.15) is 24.2 Å². The number of benzene rings is 3. The predicted octanol–water partition coefficient (Wildman–Crippen LogP) is 4.34. The van der Waals surface area contributed by atoms with Crippen LogP contribution in [-0.4, -0.2) is 75.9 Å². The molecule has 1 heterocycles. The number of aliphatic hydroxyl groups is 1. The Hall–Kier alpha value is -2.87. The van der Waals surface area contributed by atoms with Crippen molar-refractivity contribution in [3.05, 3.63) is 82.3 Å². The quantitative estimate of drug-likeness (QED) is 0.350. The number of anilines is 1. The molecule has 0 radical (unpaired) electrons. The molecule has 1 aliphatic rings. The molecule has 14 heteroatoms. The van der Waals surface area contributed by atoms with E-state index in [0.717, 1.165) is 4.31 Å². The summed E-state index contributed by atoms with van der Waals surface area (Å²) in [5.74, 6) is -0.949. The molecule has 3 aromatic rings. The highest BCUT2D eigenvalue weighted by molar-refractivity contribution is 7.92. The van der Waals surface area contributed by atoms with Crippen molar-refractivity contribution >= 4 is 54.8 Å². The highest BCUT2D eigenvalue weighted by Crippen LogP contribution is 2.36. The maximum Gasteiger partial charge on any atom is 0.262 e.